The molecule has 1 aromatic carbocycles. The summed E-state index contributed by atoms with van der Waals surface area (Å²) in [5.41, 5.74) is 1.34. The van der Waals surface area contributed by atoms with Crippen LogP contribution in [0.2, 0.25) is 0 Å². The Kier molecular flexibility index (Phi) is 7.03. The lowest BCUT2D eigenvalue weighted by Crippen LogP contribution is -2.50. The minimum absolute atomic E-state index is 0.220. The highest BCUT2D eigenvalue weighted by Gasteiger charge is 2.25. The summed E-state index contributed by atoms with van der Waals surface area (Å²) in [6.45, 7) is 9.84. The van der Waals surface area contributed by atoms with Gasteiger partial charge in [0, 0.05) is 26.2 Å². The molecular formula is C20H30N2O4. The largest absolute Gasteiger partial charge is 0.465 e. The topological polar surface area (TPSA) is 59.1 Å². The third kappa shape index (κ3) is 6.33. The number of benzene rings is 1. The van der Waals surface area contributed by atoms with Crippen LogP contribution in [-0.2, 0) is 15.9 Å². The van der Waals surface area contributed by atoms with Crippen molar-refractivity contribution in [3.8, 4) is 0 Å². The molecule has 144 valence electrons. The summed E-state index contributed by atoms with van der Waals surface area (Å²) in [6.07, 6.45) is 1.79. The molecule has 26 heavy (non-hydrogen) atoms. The van der Waals surface area contributed by atoms with E-state index in [2.05, 4.69) is 4.90 Å². The van der Waals surface area contributed by atoms with E-state index in [0.717, 1.165) is 32.5 Å². The zero-order chi connectivity index (χ0) is 19.2. The van der Waals surface area contributed by atoms with E-state index < -0.39 is 5.60 Å². The molecule has 1 aliphatic heterocycles. The lowest BCUT2D eigenvalue weighted by atomic mass is 10.1. The van der Waals surface area contributed by atoms with Crippen LogP contribution >= 0.6 is 0 Å². The Morgan fingerprint density at radius 3 is 2.19 bits per heavy atom. The van der Waals surface area contributed by atoms with Gasteiger partial charge in [-0.2, -0.15) is 0 Å². The molecule has 2 rings (SSSR count). The Bertz CT molecular complexity index is 599. The summed E-state index contributed by atoms with van der Waals surface area (Å²) < 4.78 is 10.1. The average molecular weight is 362 g/mol. The second kappa shape index (κ2) is 9.03. The summed E-state index contributed by atoms with van der Waals surface area (Å²) >= 11 is 0. The van der Waals surface area contributed by atoms with E-state index >= 15 is 0 Å². The maximum absolute atomic E-state index is 12.1. The predicted molar refractivity (Wildman–Crippen MR) is 100 cm³/mol. The molecule has 0 aromatic heterocycles. The first-order chi connectivity index (χ1) is 12.3. The molecule has 0 saturated carbocycles. The molecule has 1 amide bonds. The number of carbonyl (C=O) groups excluding carboxylic acids is 2. The van der Waals surface area contributed by atoms with Crippen LogP contribution < -0.4 is 0 Å². The number of methoxy groups -OCH3 is 1. The van der Waals surface area contributed by atoms with E-state index in [9.17, 15) is 9.59 Å². The van der Waals surface area contributed by atoms with Crippen LogP contribution in [0.3, 0.4) is 0 Å². The minimum atomic E-state index is -0.447. The number of ether oxygens (including phenoxy) is 2. The maximum atomic E-state index is 12.1. The van der Waals surface area contributed by atoms with Crippen molar-refractivity contribution in [2.45, 2.75) is 39.2 Å². The smallest absolute Gasteiger partial charge is 0.410 e. The molecule has 0 atom stereocenters. The molecule has 6 nitrogen and oxygen atoms in total. The molecule has 0 aliphatic carbocycles. The molecule has 1 aromatic rings. The Hall–Kier alpha value is -2.08. The van der Waals surface area contributed by atoms with Gasteiger partial charge in [-0.25, -0.2) is 9.59 Å². The Labute approximate surface area is 156 Å². The monoisotopic (exact) mass is 362 g/mol. The first-order valence-electron chi connectivity index (χ1n) is 9.16. The van der Waals surface area contributed by atoms with Gasteiger partial charge in [-0.3, -0.25) is 4.90 Å². The van der Waals surface area contributed by atoms with Crippen molar-refractivity contribution in [3.63, 3.8) is 0 Å². The van der Waals surface area contributed by atoms with Crippen LogP contribution in [0.25, 0.3) is 0 Å². The SMILES string of the molecule is COC(=O)c1ccc(CCCN2CCN(C(=O)OC(C)(C)C)CC2)cc1. The number of hydrogen-bond acceptors (Lipinski definition) is 5. The Balaban J connectivity index is 1.69. The highest BCUT2D eigenvalue weighted by Crippen LogP contribution is 2.13. The van der Waals surface area contributed by atoms with Crippen molar-refractivity contribution in [1.82, 2.24) is 9.80 Å². The number of nitrogens with zero attached hydrogens (tertiary/aromatic N) is 2. The Morgan fingerprint density at radius 2 is 1.65 bits per heavy atom. The first kappa shape index (κ1) is 20.2. The van der Waals surface area contributed by atoms with Crippen LogP contribution in [0, 0.1) is 0 Å². The van der Waals surface area contributed by atoms with Gasteiger partial charge in [-0.15, -0.1) is 0 Å². The van der Waals surface area contributed by atoms with Crippen molar-refractivity contribution < 1.29 is 19.1 Å². The lowest BCUT2D eigenvalue weighted by molar-refractivity contribution is 0.0144. The number of aryl methyl sites for hydroxylation is 1. The van der Waals surface area contributed by atoms with Gasteiger partial charge in [-0.05, 0) is 57.9 Å². The molecule has 0 unspecified atom stereocenters. The standard InChI is InChI=1S/C20H30N2O4/c1-20(2,3)26-19(24)22-14-12-21(13-15-22)11-5-6-16-7-9-17(10-8-16)18(23)25-4/h7-10H,5-6,11-15H2,1-4H3. The third-order valence-electron chi connectivity index (χ3n) is 4.34. The number of amides is 1. The summed E-state index contributed by atoms with van der Waals surface area (Å²) in [6, 6.07) is 7.57. The van der Waals surface area contributed by atoms with E-state index in [1.54, 1.807) is 17.0 Å². The van der Waals surface area contributed by atoms with Crippen molar-refractivity contribution in [2.75, 3.05) is 39.8 Å². The average Bonchev–Trinajstić information content (AvgIpc) is 2.61. The first-order valence-corrected chi connectivity index (χ1v) is 9.16. The zero-order valence-corrected chi connectivity index (χ0v) is 16.3. The summed E-state index contributed by atoms with van der Waals surface area (Å²) in [5.74, 6) is -0.306. The van der Waals surface area contributed by atoms with E-state index in [-0.39, 0.29) is 12.1 Å². The summed E-state index contributed by atoms with van der Waals surface area (Å²) in [7, 11) is 1.39. The van der Waals surface area contributed by atoms with E-state index in [0.29, 0.717) is 18.7 Å². The van der Waals surface area contributed by atoms with Gasteiger partial charge in [0.15, 0.2) is 0 Å². The van der Waals surface area contributed by atoms with Crippen LogP contribution in [-0.4, -0.2) is 67.3 Å². The van der Waals surface area contributed by atoms with E-state index in [1.807, 2.05) is 32.9 Å². The van der Waals surface area contributed by atoms with Crippen LogP contribution in [0.5, 0.6) is 0 Å². The van der Waals surface area contributed by atoms with E-state index in [4.69, 9.17) is 9.47 Å². The highest BCUT2D eigenvalue weighted by molar-refractivity contribution is 5.89. The normalized spacial score (nSPS) is 15.6. The van der Waals surface area contributed by atoms with Gasteiger partial charge in [0.2, 0.25) is 0 Å². The van der Waals surface area contributed by atoms with Gasteiger partial charge in [-0.1, -0.05) is 12.1 Å². The molecule has 0 spiro atoms. The molecule has 0 bridgehead atoms. The second-order valence-electron chi connectivity index (χ2n) is 7.60. The second-order valence-corrected chi connectivity index (χ2v) is 7.60. The van der Waals surface area contributed by atoms with Gasteiger partial charge < -0.3 is 14.4 Å². The van der Waals surface area contributed by atoms with Gasteiger partial charge in [0.25, 0.3) is 0 Å². The summed E-state index contributed by atoms with van der Waals surface area (Å²) in [5, 5.41) is 0. The molecule has 1 saturated heterocycles. The fourth-order valence-electron chi connectivity index (χ4n) is 2.91. The Morgan fingerprint density at radius 1 is 1.04 bits per heavy atom. The van der Waals surface area contributed by atoms with E-state index in [1.165, 1.54) is 12.7 Å². The van der Waals surface area contributed by atoms with Crippen molar-refractivity contribution in [3.05, 3.63) is 35.4 Å². The molecule has 0 N–H and O–H groups in total. The van der Waals surface area contributed by atoms with Crippen LogP contribution in [0.15, 0.2) is 24.3 Å². The number of rotatable bonds is 5. The molecule has 1 heterocycles. The molecule has 0 radical (unpaired) electrons. The zero-order valence-electron chi connectivity index (χ0n) is 16.3. The van der Waals surface area contributed by atoms with Crippen LogP contribution in [0.4, 0.5) is 4.79 Å². The van der Waals surface area contributed by atoms with Crippen molar-refractivity contribution in [2.24, 2.45) is 0 Å². The van der Waals surface area contributed by atoms with Gasteiger partial charge >= 0.3 is 12.1 Å². The molecular weight excluding hydrogens is 332 g/mol. The maximum Gasteiger partial charge on any atom is 0.410 e. The van der Waals surface area contributed by atoms with Gasteiger partial charge in [0.05, 0.1) is 12.7 Å². The number of carbonyl (C=O) groups is 2. The number of esters is 1. The van der Waals surface area contributed by atoms with Crippen molar-refractivity contribution >= 4 is 12.1 Å². The third-order valence-corrected chi connectivity index (χ3v) is 4.34. The lowest BCUT2D eigenvalue weighted by Gasteiger charge is -2.35. The van der Waals surface area contributed by atoms with Crippen LogP contribution in [0.1, 0.15) is 43.1 Å². The fraction of sp³-hybridized carbons (Fsp3) is 0.600. The molecule has 1 aliphatic rings. The highest BCUT2D eigenvalue weighted by atomic mass is 16.6. The predicted octanol–water partition coefficient (Wildman–Crippen LogP) is 2.96. The van der Waals surface area contributed by atoms with Gasteiger partial charge in [0.1, 0.15) is 5.60 Å². The number of piperazine rings is 1. The quantitative estimate of drug-likeness (QED) is 0.754. The fourth-order valence-corrected chi connectivity index (χ4v) is 2.91. The minimum Gasteiger partial charge on any atom is -0.465 e. The molecule has 6 heteroatoms. The summed E-state index contributed by atoms with van der Waals surface area (Å²) in [4.78, 5) is 27.7. The molecule has 1 fully saturated rings. The number of hydrogen-bond donors (Lipinski definition) is 0. The van der Waals surface area contributed by atoms with Crippen molar-refractivity contribution in [1.29, 1.82) is 0 Å².